The van der Waals surface area contributed by atoms with Gasteiger partial charge in [0.1, 0.15) is 0 Å². The third kappa shape index (κ3) is 4.62. The molecule has 0 aliphatic carbocycles. The molecule has 1 amide bonds. The molecule has 2 rings (SSSR count). The van der Waals surface area contributed by atoms with Gasteiger partial charge in [-0.15, -0.1) is 0 Å². The predicted octanol–water partition coefficient (Wildman–Crippen LogP) is 2.91. The average Bonchev–Trinajstić information content (AvgIpc) is 2.89. The Hall–Kier alpha value is -0.870. The van der Waals surface area contributed by atoms with E-state index in [0.29, 0.717) is 5.92 Å². The minimum atomic E-state index is 0.0146. The zero-order chi connectivity index (χ0) is 13.7. The quantitative estimate of drug-likeness (QED) is 0.903. The Morgan fingerprint density at radius 1 is 1.32 bits per heavy atom. The Labute approximate surface area is 123 Å². The second-order valence-electron chi connectivity index (χ2n) is 5.33. The van der Waals surface area contributed by atoms with Crippen LogP contribution in [-0.4, -0.2) is 37.0 Å². The number of amides is 1. The van der Waals surface area contributed by atoms with Gasteiger partial charge in [-0.3, -0.25) is 4.79 Å². The van der Waals surface area contributed by atoms with Crippen LogP contribution in [0, 0.1) is 5.92 Å². The van der Waals surface area contributed by atoms with Crippen molar-refractivity contribution in [1.29, 1.82) is 0 Å². The molecule has 1 aromatic carbocycles. The molecule has 1 fully saturated rings. The van der Waals surface area contributed by atoms with Crippen molar-refractivity contribution in [1.82, 2.24) is 10.2 Å². The lowest BCUT2D eigenvalue weighted by molar-refractivity contribution is 0.0945. The van der Waals surface area contributed by atoms with Crippen LogP contribution in [0.2, 0.25) is 0 Å². The Bertz CT molecular complexity index is 413. The highest BCUT2D eigenvalue weighted by Gasteiger charge is 2.15. The third-order valence-electron chi connectivity index (χ3n) is 3.49. The van der Waals surface area contributed by atoms with Crippen LogP contribution >= 0.6 is 15.9 Å². The van der Waals surface area contributed by atoms with Crippen LogP contribution in [0.1, 0.15) is 30.1 Å². The molecular weight excluding hydrogens is 304 g/mol. The molecular formula is C15H21BrN2O. The van der Waals surface area contributed by atoms with Gasteiger partial charge < -0.3 is 10.2 Å². The average molecular weight is 325 g/mol. The zero-order valence-corrected chi connectivity index (χ0v) is 12.9. The lowest BCUT2D eigenvalue weighted by Gasteiger charge is -2.20. The molecule has 1 aliphatic rings. The smallest absolute Gasteiger partial charge is 0.251 e. The molecule has 19 heavy (non-hydrogen) atoms. The number of hydrogen-bond acceptors (Lipinski definition) is 2. The molecule has 1 N–H and O–H groups in total. The number of rotatable bonds is 5. The molecule has 1 heterocycles. The van der Waals surface area contributed by atoms with Crippen LogP contribution in [0.5, 0.6) is 0 Å². The van der Waals surface area contributed by atoms with Crippen LogP contribution < -0.4 is 5.32 Å². The maximum absolute atomic E-state index is 12.0. The second kappa shape index (κ2) is 7.06. The molecule has 4 heteroatoms. The van der Waals surface area contributed by atoms with E-state index in [1.54, 1.807) is 0 Å². The SMILES string of the molecule is CC(CNC(=O)c1ccc(Br)cc1)CN1CCCC1. The fraction of sp³-hybridized carbons (Fsp3) is 0.533. The zero-order valence-electron chi connectivity index (χ0n) is 11.4. The summed E-state index contributed by atoms with van der Waals surface area (Å²) >= 11 is 3.37. The summed E-state index contributed by atoms with van der Waals surface area (Å²) in [6, 6.07) is 7.46. The van der Waals surface area contributed by atoms with Crippen LogP contribution in [0.4, 0.5) is 0 Å². The van der Waals surface area contributed by atoms with Gasteiger partial charge in [-0.2, -0.15) is 0 Å². The molecule has 1 unspecified atom stereocenters. The van der Waals surface area contributed by atoms with Crippen molar-refractivity contribution in [3.05, 3.63) is 34.3 Å². The number of halogens is 1. The Morgan fingerprint density at radius 2 is 1.95 bits per heavy atom. The van der Waals surface area contributed by atoms with E-state index in [0.717, 1.165) is 23.1 Å². The largest absolute Gasteiger partial charge is 0.352 e. The summed E-state index contributed by atoms with van der Waals surface area (Å²) in [7, 11) is 0. The Balaban J connectivity index is 1.74. The summed E-state index contributed by atoms with van der Waals surface area (Å²) in [4.78, 5) is 14.4. The summed E-state index contributed by atoms with van der Waals surface area (Å²) in [5.41, 5.74) is 0.719. The number of benzene rings is 1. The van der Waals surface area contributed by atoms with E-state index in [1.807, 2.05) is 24.3 Å². The molecule has 0 aromatic heterocycles. The molecule has 0 saturated carbocycles. The summed E-state index contributed by atoms with van der Waals surface area (Å²) in [5.74, 6) is 0.512. The van der Waals surface area contributed by atoms with E-state index in [9.17, 15) is 4.79 Å². The van der Waals surface area contributed by atoms with Crippen LogP contribution in [0.25, 0.3) is 0 Å². The summed E-state index contributed by atoms with van der Waals surface area (Å²) < 4.78 is 0.992. The molecule has 1 saturated heterocycles. The molecule has 104 valence electrons. The Morgan fingerprint density at radius 3 is 2.58 bits per heavy atom. The molecule has 0 bridgehead atoms. The third-order valence-corrected chi connectivity index (χ3v) is 4.01. The summed E-state index contributed by atoms with van der Waals surface area (Å²) in [6.45, 7) is 6.45. The van der Waals surface area contributed by atoms with Gasteiger partial charge in [0, 0.05) is 23.1 Å². The van der Waals surface area contributed by atoms with Gasteiger partial charge in [-0.1, -0.05) is 22.9 Å². The maximum atomic E-state index is 12.0. The molecule has 1 aromatic rings. The first kappa shape index (κ1) is 14.5. The van der Waals surface area contributed by atoms with Crippen molar-refractivity contribution in [3.63, 3.8) is 0 Å². The van der Waals surface area contributed by atoms with E-state index in [4.69, 9.17) is 0 Å². The lowest BCUT2D eigenvalue weighted by Crippen LogP contribution is -2.34. The van der Waals surface area contributed by atoms with Crippen LogP contribution in [0.15, 0.2) is 28.7 Å². The second-order valence-corrected chi connectivity index (χ2v) is 6.25. The molecule has 1 atom stereocenters. The minimum Gasteiger partial charge on any atom is -0.352 e. The summed E-state index contributed by atoms with van der Waals surface area (Å²) in [5, 5.41) is 3.01. The minimum absolute atomic E-state index is 0.0146. The standard InChI is InChI=1S/C15H21BrN2O/c1-12(11-18-8-2-3-9-18)10-17-15(19)13-4-6-14(16)7-5-13/h4-7,12H,2-3,8-11H2,1H3,(H,17,19). The normalized spacial score (nSPS) is 17.4. The van der Waals surface area contributed by atoms with Gasteiger partial charge in [0.2, 0.25) is 0 Å². The van der Waals surface area contributed by atoms with E-state index in [2.05, 4.69) is 33.1 Å². The topological polar surface area (TPSA) is 32.3 Å². The fourth-order valence-corrected chi connectivity index (χ4v) is 2.71. The first-order chi connectivity index (χ1) is 9.15. The van der Waals surface area contributed by atoms with Crippen LogP contribution in [-0.2, 0) is 0 Å². The van der Waals surface area contributed by atoms with Gasteiger partial charge in [0.25, 0.3) is 5.91 Å². The number of nitrogens with zero attached hydrogens (tertiary/aromatic N) is 1. The van der Waals surface area contributed by atoms with Crippen molar-refractivity contribution >= 4 is 21.8 Å². The van der Waals surface area contributed by atoms with Crippen molar-refractivity contribution in [2.45, 2.75) is 19.8 Å². The summed E-state index contributed by atoms with van der Waals surface area (Å²) in [6.07, 6.45) is 2.63. The molecule has 0 radical (unpaired) electrons. The first-order valence-electron chi connectivity index (χ1n) is 6.91. The highest BCUT2D eigenvalue weighted by Crippen LogP contribution is 2.11. The van der Waals surface area contributed by atoms with Gasteiger partial charge in [0.15, 0.2) is 0 Å². The fourth-order valence-electron chi connectivity index (χ4n) is 2.44. The number of hydrogen-bond donors (Lipinski definition) is 1. The van der Waals surface area contributed by atoms with Crippen molar-refractivity contribution < 1.29 is 4.79 Å². The number of nitrogens with one attached hydrogen (secondary N) is 1. The van der Waals surface area contributed by atoms with E-state index in [-0.39, 0.29) is 5.91 Å². The maximum Gasteiger partial charge on any atom is 0.251 e. The van der Waals surface area contributed by atoms with Gasteiger partial charge in [-0.05, 0) is 56.1 Å². The molecule has 3 nitrogen and oxygen atoms in total. The van der Waals surface area contributed by atoms with Gasteiger partial charge in [-0.25, -0.2) is 0 Å². The Kier molecular flexibility index (Phi) is 5.40. The predicted molar refractivity (Wildman–Crippen MR) is 81.3 cm³/mol. The van der Waals surface area contributed by atoms with Crippen LogP contribution in [0.3, 0.4) is 0 Å². The molecule has 0 spiro atoms. The lowest BCUT2D eigenvalue weighted by atomic mass is 10.1. The first-order valence-corrected chi connectivity index (χ1v) is 7.70. The monoisotopic (exact) mass is 324 g/mol. The van der Waals surface area contributed by atoms with Gasteiger partial charge >= 0.3 is 0 Å². The van der Waals surface area contributed by atoms with E-state index < -0.39 is 0 Å². The van der Waals surface area contributed by atoms with Crippen molar-refractivity contribution in [2.24, 2.45) is 5.92 Å². The van der Waals surface area contributed by atoms with Crippen molar-refractivity contribution in [2.75, 3.05) is 26.2 Å². The number of carbonyl (C=O) groups is 1. The van der Waals surface area contributed by atoms with E-state index >= 15 is 0 Å². The van der Waals surface area contributed by atoms with Gasteiger partial charge in [0.05, 0.1) is 0 Å². The highest BCUT2D eigenvalue weighted by molar-refractivity contribution is 9.10. The van der Waals surface area contributed by atoms with Crippen molar-refractivity contribution in [3.8, 4) is 0 Å². The number of carbonyl (C=O) groups excluding carboxylic acids is 1. The highest BCUT2D eigenvalue weighted by atomic mass is 79.9. The number of likely N-dealkylation sites (tertiary alicyclic amines) is 1. The van der Waals surface area contributed by atoms with E-state index in [1.165, 1.54) is 25.9 Å². The molecule has 1 aliphatic heterocycles.